The first-order chi connectivity index (χ1) is 12.2. The van der Waals surface area contributed by atoms with E-state index in [4.69, 9.17) is 9.47 Å². The van der Waals surface area contributed by atoms with Crippen molar-refractivity contribution < 1.29 is 9.47 Å². The predicted molar refractivity (Wildman–Crippen MR) is 94.7 cm³/mol. The lowest BCUT2D eigenvalue weighted by Gasteiger charge is -2.48. The van der Waals surface area contributed by atoms with Gasteiger partial charge >= 0.3 is 0 Å². The first kappa shape index (κ1) is 17.0. The van der Waals surface area contributed by atoms with Gasteiger partial charge in [0.05, 0.1) is 19.3 Å². The van der Waals surface area contributed by atoms with Crippen molar-refractivity contribution in [2.75, 3.05) is 39.4 Å². The van der Waals surface area contributed by atoms with Crippen LogP contribution in [0.2, 0.25) is 0 Å². The molecule has 0 radical (unpaired) electrons. The fourth-order valence-electron chi connectivity index (χ4n) is 4.48. The average Bonchev–Trinajstić information content (AvgIpc) is 3.12. The summed E-state index contributed by atoms with van der Waals surface area (Å²) in [4.78, 5) is 4.86. The van der Waals surface area contributed by atoms with Crippen LogP contribution in [0.4, 0.5) is 0 Å². The SMILES string of the molecule is N#CC1(N2CCC3(CC2)OCCO3)CCN(Cc2ccccc2)CC1. The highest BCUT2D eigenvalue weighted by Crippen LogP contribution is 2.37. The van der Waals surface area contributed by atoms with Crippen molar-refractivity contribution in [2.24, 2.45) is 0 Å². The topological polar surface area (TPSA) is 48.7 Å². The average molecular weight is 341 g/mol. The Hall–Kier alpha value is -1.45. The highest BCUT2D eigenvalue weighted by Gasteiger charge is 2.46. The molecule has 1 spiro atoms. The maximum Gasteiger partial charge on any atom is 0.170 e. The fourth-order valence-corrected chi connectivity index (χ4v) is 4.48. The number of nitriles is 1. The van der Waals surface area contributed by atoms with Gasteiger partial charge in [-0.3, -0.25) is 9.80 Å². The Morgan fingerprint density at radius 1 is 0.920 bits per heavy atom. The Kier molecular flexibility index (Phi) is 4.79. The summed E-state index contributed by atoms with van der Waals surface area (Å²) in [6.45, 7) is 6.15. The van der Waals surface area contributed by atoms with Crippen molar-refractivity contribution in [1.82, 2.24) is 9.80 Å². The molecule has 3 fully saturated rings. The summed E-state index contributed by atoms with van der Waals surface area (Å²) in [5.74, 6) is -0.360. The molecule has 5 heteroatoms. The van der Waals surface area contributed by atoms with E-state index in [0.717, 1.165) is 58.4 Å². The second kappa shape index (κ2) is 7.05. The van der Waals surface area contributed by atoms with Crippen LogP contribution in [0.3, 0.4) is 0 Å². The lowest BCUT2D eigenvalue weighted by Crippen LogP contribution is -2.58. The standard InChI is InChI=1S/C20H27N3O2/c21-17-19(23-12-8-20(9-13-23)24-14-15-25-20)6-10-22(11-7-19)16-18-4-2-1-3-5-18/h1-5H,6-16H2. The zero-order valence-corrected chi connectivity index (χ0v) is 14.8. The lowest BCUT2D eigenvalue weighted by molar-refractivity contribution is -0.192. The van der Waals surface area contributed by atoms with E-state index in [1.54, 1.807) is 0 Å². The molecule has 134 valence electrons. The first-order valence-electron chi connectivity index (χ1n) is 9.44. The Bertz CT molecular complexity index is 604. The summed E-state index contributed by atoms with van der Waals surface area (Å²) in [6.07, 6.45) is 3.60. The van der Waals surface area contributed by atoms with Crippen LogP contribution in [0, 0.1) is 11.3 Å². The number of hydrogen-bond donors (Lipinski definition) is 0. The molecule has 0 saturated carbocycles. The normalized spacial score (nSPS) is 26.5. The van der Waals surface area contributed by atoms with Gasteiger partial charge in [-0.1, -0.05) is 30.3 Å². The molecule has 3 saturated heterocycles. The third-order valence-corrected chi connectivity index (χ3v) is 6.08. The van der Waals surface area contributed by atoms with Crippen LogP contribution in [0.1, 0.15) is 31.2 Å². The summed E-state index contributed by atoms with van der Waals surface area (Å²) in [6, 6.07) is 13.3. The summed E-state index contributed by atoms with van der Waals surface area (Å²) in [7, 11) is 0. The molecule has 0 unspecified atom stereocenters. The maximum absolute atomic E-state index is 9.95. The van der Waals surface area contributed by atoms with Crippen LogP contribution in [-0.4, -0.2) is 60.5 Å². The number of ether oxygens (including phenoxy) is 2. The molecule has 3 aliphatic heterocycles. The zero-order valence-electron chi connectivity index (χ0n) is 14.8. The molecular weight excluding hydrogens is 314 g/mol. The third kappa shape index (κ3) is 3.45. The van der Waals surface area contributed by atoms with Crippen molar-refractivity contribution in [3.8, 4) is 6.07 Å². The van der Waals surface area contributed by atoms with E-state index in [0.29, 0.717) is 13.2 Å². The summed E-state index contributed by atoms with van der Waals surface area (Å²) in [5.41, 5.74) is 1.04. The van der Waals surface area contributed by atoms with Crippen molar-refractivity contribution in [2.45, 2.75) is 43.6 Å². The maximum atomic E-state index is 9.95. The summed E-state index contributed by atoms with van der Waals surface area (Å²) >= 11 is 0. The van der Waals surface area contributed by atoms with E-state index in [9.17, 15) is 5.26 Å². The van der Waals surface area contributed by atoms with E-state index >= 15 is 0 Å². The van der Waals surface area contributed by atoms with Gasteiger partial charge in [-0.2, -0.15) is 5.26 Å². The largest absolute Gasteiger partial charge is 0.347 e. The number of hydrogen-bond acceptors (Lipinski definition) is 5. The Labute approximate surface area is 150 Å². The summed E-state index contributed by atoms with van der Waals surface area (Å²) < 4.78 is 11.7. The van der Waals surface area contributed by atoms with Crippen LogP contribution < -0.4 is 0 Å². The van der Waals surface area contributed by atoms with Gasteiger partial charge in [-0.15, -0.1) is 0 Å². The lowest BCUT2D eigenvalue weighted by atomic mass is 9.84. The Morgan fingerprint density at radius 2 is 1.56 bits per heavy atom. The smallest absolute Gasteiger partial charge is 0.170 e. The molecule has 0 aliphatic carbocycles. The number of nitrogens with zero attached hydrogens (tertiary/aromatic N) is 3. The van der Waals surface area contributed by atoms with Gasteiger partial charge in [0.2, 0.25) is 0 Å². The van der Waals surface area contributed by atoms with Crippen LogP contribution in [-0.2, 0) is 16.0 Å². The van der Waals surface area contributed by atoms with E-state index in [2.05, 4.69) is 46.2 Å². The van der Waals surface area contributed by atoms with Gasteiger partial charge in [0.15, 0.2) is 5.79 Å². The van der Waals surface area contributed by atoms with E-state index in [1.807, 2.05) is 0 Å². The monoisotopic (exact) mass is 341 g/mol. The molecule has 0 amide bonds. The molecule has 0 bridgehead atoms. The molecule has 0 N–H and O–H groups in total. The van der Waals surface area contributed by atoms with Gasteiger partial charge in [0.1, 0.15) is 5.54 Å². The van der Waals surface area contributed by atoms with Crippen LogP contribution in [0.15, 0.2) is 30.3 Å². The highest BCUT2D eigenvalue weighted by atomic mass is 16.7. The minimum atomic E-state index is -0.360. The molecule has 4 rings (SSSR count). The van der Waals surface area contributed by atoms with Crippen LogP contribution in [0.5, 0.6) is 0 Å². The van der Waals surface area contributed by atoms with E-state index in [1.165, 1.54) is 5.56 Å². The number of rotatable bonds is 3. The second-order valence-corrected chi connectivity index (χ2v) is 7.50. The molecule has 3 heterocycles. The molecule has 3 aliphatic rings. The predicted octanol–water partition coefficient (Wildman–Crippen LogP) is 2.38. The quantitative estimate of drug-likeness (QED) is 0.845. The Morgan fingerprint density at radius 3 is 2.16 bits per heavy atom. The van der Waals surface area contributed by atoms with Gasteiger partial charge in [0.25, 0.3) is 0 Å². The number of benzene rings is 1. The van der Waals surface area contributed by atoms with E-state index < -0.39 is 0 Å². The first-order valence-corrected chi connectivity index (χ1v) is 9.44. The van der Waals surface area contributed by atoms with Gasteiger partial charge < -0.3 is 9.47 Å². The molecule has 0 aromatic heterocycles. The Balaban J connectivity index is 1.34. The second-order valence-electron chi connectivity index (χ2n) is 7.50. The van der Waals surface area contributed by atoms with E-state index in [-0.39, 0.29) is 11.3 Å². The van der Waals surface area contributed by atoms with Gasteiger partial charge in [0, 0.05) is 45.6 Å². The number of piperidine rings is 2. The van der Waals surface area contributed by atoms with Crippen molar-refractivity contribution in [3.05, 3.63) is 35.9 Å². The third-order valence-electron chi connectivity index (χ3n) is 6.08. The number of likely N-dealkylation sites (tertiary alicyclic amines) is 2. The van der Waals surface area contributed by atoms with Gasteiger partial charge in [-0.05, 0) is 18.4 Å². The summed E-state index contributed by atoms with van der Waals surface area (Å²) in [5, 5.41) is 9.95. The van der Waals surface area contributed by atoms with Crippen LogP contribution >= 0.6 is 0 Å². The van der Waals surface area contributed by atoms with Crippen molar-refractivity contribution >= 4 is 0 Å². The molecule has 0 atom stereocenters. The zero-order chi connectivity index (χ0) is 17.2. The van der Waals surface area contributed by atoms with Crippen LogP contribution in [0.25, 0.3) is 0 Å². The molecule has 25 heavy (non-hydrogen) atoms. The van der Waals surface area contributed by atoms with Crippen molar-refractivity contribution in [1.29, 1.82) is 5.26 Å². The fraction of sp³-hybridized carbons (Fsp3) is 0.650. The molecule has 5 nitrogen and oxygen atoms in total. The minimum Gasteiger partial charge on any atom is -0.347 e. The molecule has 1 aromatic rings. The highest BCUT2D eigenvalue weighted by molar-refractivity contribution is 5.16. The molecule has 1 aromatic carbocycles. The molecular formula is C20H27N3O2. The van der Waals surface area contributed by atoms with Gasteiger partial charge in [-0.25, -0.2) is 0 Å². The van der Waals surface area contributed by atoms with Crippen molar-refractivity contribution in [3.63, 3.8) is 0 Å². The minimum absolute atomic E-state index is 0.312.